The third-order valence-electron chi connectivity index (χ3n) is 3.46. The molecule has 9 nitrogen and oxygen atoms in total. The summed E-state index contributed by atoms with van der Waals surface area (Å²) >= 11 is 6.27. The second-order valence-corrected chi connectivity index (χ2v) is 5.94. The van der Waals surface area contributed by atoms with Crippen LogP contribution in [0.15, 0.2) is 41.5 Å². The van der Waals surface area contributed by atoms with Crippen molar-refractivity contribution in [1.29, 1.82) is 0 Å². The lowest BCUT2D eigenvalue weighted by molar-refractivity contribution is -0.384. The monoisotopic (exact) mass is 421 g/mol. The van der Waals surface area contributed by atoms with Gasteiger partial charge in [0.15, 0.2) is 18.1 Å². The van der Waals surface area contributed by atoms with Gasteiger partial charge in [-0.2, -0.15) is 5.10 Å². The van der Waals surface area contributed by atoms with Crippen LogP contribution >= 0.6 is 11.6 Å². The first-order chi connectivity index (χ1) is 13.9. The molecule has 10 heteroatoms. The molecular weight excluding hydrogens is 402 g/mol. The van der Waals surface area contributed by atoms with Gasteiger partial charge in [0.2, 0.25) is 0 Å². The number of hydrogen-bond donors (Lipinski definition) is 1. The Balaban J connectivity index is 2.11. The van der Waals surface area contributed by atoms with Crippen molar-refractivity contribution in [3.8, 4) is 11.5 Å². The van der Waals surface area contributed by atoms with Crippen molar-refractivity contribution in [3.63, 3.8) is 0 Å². The molecule has 29 heavy (non-hydrogen) atoms. The van der Waals surface area contributed by atoms with Crippen molar-refractivity contribution in [2.75, 3.05) is 25.2 Å². The molecule has 1 N–H and O–H groups in total. The number of carbonyl (C=O) groups is 1. The van der Waals surface area contributed by atoms with Gasteiger partial charge in [0.25, 0.3) is 5.69 Å². The molecule has 0 fully saturated rings. The number of esters is 1. The third kappa shape index (κ3) is 6.65. The summed E-state index contributed by atoms with van der Waals surface area (Å²) in [4.78, 5) is 21.7. The van der Waals surface area contributed by atoms with Crippen molar-refractivity contribution < 1.29 is 23.9 Å². The molecule has 0 saturated carbocycles. The van der Waals surface area contributed by atoms with E-state index in [0.29, 0.717) is 23.6 Å². The van der Waals surface area contributed by atoms with Gasteiger partial charge in [-0.3, -0.25) is 15.5 Å². The molecule has 0 amide bonds. The number of ether oxygens (including phenoxy) is 3. The van der Waals surface area contributed by atoms with Crippen molar-refractivity contribution in [1.82, 2.24) is 0 Å². The predicted molar refractivity (Wildman–Crippen MR) is 109 cm³/mol. The fourth-order valence-corrected chi connectivity index (χ4v) is 2.51. The largest absolute Gasteiger partial charge is 0.490 e. The van der Waals surface area contributed by atoms with Crippen LogP contribution in [-0.2, 0) is 9.53 Å². The number of nitro groups is 1. The van der Waals surface area contributed by atoms with Crippen LogP contribution in [0.5, 0.6) is 11.5 Å². The first kappa shape index (κ1) is 22.0. The SMILES string of the molecule is CCOC(=O)COc1c(Cl)cc(C=NNc2ccc([N+](=O)[O-])cc2)cc1OCC. The summed E-state index contributed by atoms with van der Waals surface area (Å²) in [7, 11) is 0. The van der Waals surface area contributed by atoms with E-state index in [1.54, 1.807) is 38.1 Å². The van der Waals surface area contributed by atoms with E-state index in [1.807, 2.05) is 0 Å². The van der Waals surface area contributed by atoms with Gasteiger partial charge in [0, 0.05) is 12.1 Å². The maximum absolute atomic E-state index is 11.5. The van der Waals surface area contributed by atoms with Gasteiger partial charge >= 0.3 is 5.97 Å². The van der Waals surface area contributed by atoms with Gasteiger partial charge in [0.1, 0.15) is 0 Å². The quantitative estimate of drug-likeness (QED) is 0.266. The first-order valence-corrected chi connectivity index (χ1v) is 9.10. The average Bonchev–Trinajstić information content (AvgIpc) is 2.68. The molecule has 0 unspecified atom stereocenters. The molecule has 0 aliphatic heterocycles. The van der Waals surface area contributed by atoms with Crippen molar-refractivity contribution >= 4 is 35.2 Å². The number of carbonyl (C=O) groups excluding carboxylic acids is 1. The number of benzene rings is 2. The molecule has 0 aliphatic rings. The van der Waals surface area contributed by atoms with Gasteiger partial charge in [0.05, 0.1) is 35.1 Å². The third-order valence-corrected chi connectivity index (χ3v) is 3.74. The van der Waals surface area contributed by atoms with E-state index >= 15 is 0 Å². The van der Waals surface area contributed by atoms with Gasteiger partial charge in [-0.15, -0.1) is 0 Å². The maximum atomic E-state index is 11.5. The number of hydrazone groups is 1. The van der Waals surface area contributed by atoms with E-state index in [1.165, 1.54) is 18.3 Å². The van der Waals surface area contributed by atoms with Crippen molar-refractivity contribution in [2.45, 2.75) is 13.8 Å². The van der Waals surface area contributed by atoms with Crippen LogP contribution in [0.25, 0.3) is 0 Å². The van der Waals surface area contributed by atoms with Crippen molar-refractivity contribution in [2.24, 2.45) is 5.10 Å². The summed E-state index contributed by atoms with van der Waals surface area (Å²) in [5.74, 6) is 0.0899. The Kier molecular flexibility index (Phi) is 8.23. The number of hydrogen-bond acceptors (Lipinski definition) is 8. The Morgan fingerprint density at radius 2 is 1.93 bits per heavy atom. The second kappa shape index (κ2) is 10.9. The number of nitro benzene ring substituents is 1. The summed E-state index contributed by atoms with van der Waals surface area (Å²) in [5.41, 5.74) is 3.96. The summed E-state index contributed by atoms with van der Waals surface area (Å²) in [6.45, 7) is 3.84. The average molecular weight is 422 g/mol. The first-order valence-electron chi connectivity index (χ1n) is 8.72. The number of non-ortho nitro benzene ring substituents is 1. The highest BCUT2D eigenvalue weighted by Gasteiger charge is 2.14. The van der Waals surface area contributed by atoms with Gasteiger partial charge in [-0.1, -0.05) is 11.6 Å². The molecule has 0 aromatic heterocycles. The highest BCUT2D eigenvalue weighted by Crippen LogP contribution is 2.36. The smallest absolute Gasteiger partial charge is 0.344 e. The highest BCUT2D eigenvalue weighted by atomic mass is 35.5. The van der Waals surface area contributed by atoms with Gasteiger partial charge in [-0.25, -0.2) is 4.79 Å². The molecule has 0 radical (unpaired) electrons. The lowest BCUT2D eigenvalue weighted by Gasteiger charge is -2.14. The molecule has 0 spiro atoms. The Morgan fingerprint density at radius 1 is 1.21 bits per heavy atom. The number of nitrogens with zero attached hydrogens (tertiary/aromatic N) is 2. The fourth-order valence-electron chi connectivity index (χ4n) is 2.24. The number of rotatable bonds is 10. The minimum Gasteiger partial charge on any atom is -0.490 e. The molecule has 0 aliphatic carbocycles. The van der Waals surface area contributed by atoms with Crippen molar-refractivity contribution in [3.05, 3.63) is 57.1 Å². The molecule has 154 valence electrons. The van der Waals surface area contributed by atoms with Crippen LogP contribution in [0.4, 0.5) is 11.4 Å². The molecule has 0 heterocycles. The Hall–Kier alpha value is -3.33. The highest BCUT2D eigenvalue weighted by molar-refractivity contribution is 6.32. The van der Waals surface area contributed by atoms with Crippen LogP contribution in [0.2, 0.25) is 5.02 Å². The van der Waals surface area contributed by atoms with E-state index < -0.39 is 10.9 Å². The topological polar surface area (TPSA) is 112 Å². The standard InChI is InChI=1S/C19H20ClN3O6/c1-3-27-17-10-13(9-16(20)19(17)29-12-18(24)28-4-2)11-21-22-14-5-7-15(8-6-14)23(25)26/h5-11,22H,3-4,12H2,1-2H3. The van der Waals surface area contributed by atoms with Crippen LogP contribution < -0.4 is 14.9 Å². The van der Waals surface area contributed by atoms with E-state index in [9.17, 15) is 14.9 Å². The minimum absolute atomic E-state index is 0.00826. The lowest BCUT2D eigenvalue weighted by Crippen LogP contribution is -2.15. The van der Waals surface area contributed by atoms with Gasteiger partial charge in [-0.05, 0) is 43.7 Å². The lowest BCUT2D eigenvalue weighted by atomic mass is 10.2. The molecule has 0 saturated heterocycles. The van der Waals surface area contributed by atoms with Crippen LogP contribution in [-0.4, -0.2) is 36.9 Å². The van der Waals surface area contributed by atoms with E-state index in [2.05, 4.69) is 10.5 Å². The minimum atomic E-state index is -0.510. The van der Waals surface area contributed by atoms with Crippen LogP contribution in [0.3, 0.4) is 0 Å². The number of nitrogens with one attached hydrogen (secondary N) is 1. The van der Waals surface area contributed by atoms with Gasteiger partial charge < -0.3 is 14.2 Å². The zero-order valence-corrected chi connectivity index (χ0v) is 16.6. The Morgan fingerprint density at radius 3 is 2.55 bits per heavy atom. The summed E-state index contributed by atoms with van der Waals surface area (Å²) in [6, 6.07) is 9.10. The van der Waals surface area contributed by atoms with E-state index in [-0.39, 0.29) is 29.7 Å². The molecule has 2 aromatic carbocycles. The van der Waals surface area contributed by atoms with Crippen LogP contribution in [0, 0.1) is 10.1 Å². The van der Waals surface area contributed by atoms with E-state index in [0.717, 1.165) is 0 Å². The zero-order chi connectivity index (χ0) is 21.2. The normalized spacial score (nSPS) is 10.6. The second-order valence-electron chi connectivity index (χ2n) is 5.53. The zero-order valence-electron chi connectivity index (χ0n) is 15.9. The molecule has 0 bridgehead atoms. The number of halogens is 1. The predicted octanol–water partition coefficient (Wildman–Crippen LogP) is 4.03. The Bertz CT molecular complexity index is 886. The van der Waals surface area contributed by atoms with Crippen LogP contribution in [0.1, 0.15) is 19.4 Å². The molecule has 2 rings (SSSR count). The molecule has 2 aromatic rings. The van der Waals surface area contributed by atoms with E-state index in [4.69, 9.17) is 25.8 Å². The Labute approximate surface area is 172 Å². The maximum Gasteiger partial charge on any atom is 0.344 e. The summed E-state index contributed by atoms with van der Waals surface area (Å²) in [5, 5.41) is 15.0. The fraction of sp³-hybridized carbons (Fsp3) is 0.263. The summed E-state index contributed by atoms with van der Waals surface area (Å²) in [6.07, 6.45) is 1.50. The summed E-state index contributed by atoms with van der Waals surface area (Å²) < 4.78 is 15.8. The molecule has 0 atom stereocenters. The number of anilines is 1. The molecular formula is C19H20ClN3O6.